The van der Waals surface area contributed by atoms with E-state index in [0.29, 0.717) is 0 Å². The van der Waals surface area contributed by atoms with E-state index in [-0.39, 0.29) is 0 Å². The van der Waals surface area contributed by atoms with Crippen LogP contribution in [-0.2, 0) is 4.79 Å². The Balaban J connectivity index is 3.34. The first kappa shape index (κ1) is 6.36. The summed E-state index contributed by atoms with van der Waals surface area (Å²) < 4.78 is 11.5. The Labute approximate surface area is 39.9 Å². The summed E-state index contributed by atoms with van der Waals surface area (Å²) in [5.41, 5.74) is 4.37. The first-order chi connectivity index (χ1) is 3.18. The molecule has 1 unspecified atom stereocenters. The van der Waals surface area contributed by atoms with E-state index in [0.717, 1.165) is 0 Å². The number of carbonyl (C=O) groups is 1. The molecule has 0 aliphatic rings. The van der Waals surface area contributed by atoms with Gasteiger partial charge in [0.25, 0.3) is 5.91 Å². The number of carbonyl (C=O) groups excluding carboxylic acids is 1. The Morgan fingerprint density at radius 3 is 2.43 bits per heavy atom. The van der Waals surface area contributed by atoms with E-state index in [9.17, 15) is 9.18 Å². The maximum Gasteiger partial charge on any atom is 0.254 e. The summed E-state index contributed by atoms with van der Waals surface area (Å²) in [6.45, 7) is -0.824. The average Bonchev–Trinajstić information content (AvgIpc) is 1.65. The van der Waals surface area contributed by atoms with Crippen LogP contribution >= 0.6 is 0 Å². The number of aliphatic hydroxyl groups is 1. The first-order valence-corrected chi connectivity index (χ1v) is 1.72. The molecule has 1 amide bonds. The minimum atomic E-state index is -1.90. The lowest BCUT2D eigenvalue weighted by atomic mass is 10.4. The maximum atomic E-state index is 11.5. The van der Waals surface area contributed by atoms with Crippen molar-refractivity contribution in [3.8, 4) is 0 Å². The van der Waals surface area contributed by atoms with Gasteiger partial charge in [-0.2, -0.15) is 0 Å². The smallest absolute Gasteiger partial charge is 0.254 e. The number of rotatable bonds is 2. The van der Waals surface area contributed by atoms with Crippen LogP contribution in [0.15, 0.2) is 0 Å². The molecular formula is C3H6FNO2. The molecule has 0 aromatic heterocycles. The van der Waals surface area contributed by atoms with Crippen molar-refractivity contribution in [1.82, 2.24) is 0 Å². The molecule has 0 bridgehead atoms. The summed E-state index contributed by atoms with van der Waals surface area (Å²) in [4.78, 5) is 9.62. The Morgan fingerprint density at radius 1 is 2.00 bits per heavy atom. The van der Waals surface area contributed by atoms with Gasteiger partial charge >= 0.3 is 0 Å². The fourth-order valence-electron chi connectivity index (χ4n) is 0.0900. The van der Waals surface area contributed by atoms with Crippen LogP contribution in [-0.4, -0.2) is 23.8 Å². The maximum absolute atomic E-state index is 11.5. The van der Waals surface area contributed by atoms with E-state index >= 15 is 0 Å². The molecule has 0 rings (SSSR count). The molecule has 0 radical (unpaired) electrons. The zero-order valence-electron chi connectivity index (χ0n) is 3.60. The average molecular weight is 107 g/mol. The fourth-order valence-corrected chi connectivity index (χ4v) is 0.0900. The summed E-state index contributed by atoms with van der Waals surface area (Å²) in [6, 6.07) is 0. The molecule has 7 heavy (non-hydrogen) atoms. The Kier molecular flexibility index (Phi) is 2.29. The second kappa shape index (κ2) is 2.52. The summed E-state index contributed by atoms with van der Waals surface area (Å²) in [6.07, 6.45) is -1.90. The summed E-state index contributed by atoms with van der Waals surface area (Å²) in [7, 11) is 0. The SMILES string of the molecule is NC(=O)C(F)CO. The van der Waals surface area contributed by atoms with Gasteiger partial charge in [0.05, 0.1) is 6.61 Å². The number of aliphatic hydroxyl groups excluding tert-OH is 1. The van der Waals surface area contributed by atoms with Gasteiger partial charge in [-0.05, 0) is 0 Å². The molecule has 0 aromatic carbocycles. The molecular weight excluding hydrogens is 101 g/mol. The minimum Gasteiger partial charge on any atom is -0.393 e. The van der Waals surface area contributed by atoms with Crippen LogP contribution in [0.3, 0.4) is 0 Å². The highest BCUT2D eigenvalue weighted by atomic mass is 19.1. The van der Waals surface area contributed by atoms with E-state index in [1.54, 1.807) is 0 Å². The molecule has 3 N–H and O–H groups in total. The summed E-state index contributed by atoms with van der Waals surface area (Å²) in [5.74, 6) is -1.12. The van der Waals surface area contributed by atoms with Crippen molar-refractivity contribution in [3.63, 3.8) is 0 Å². The largest absolute Gasteiger partial charge is 0.393 e. The molecule has 0 aliphatic carbocycles. The highest BCUT2D eigenvalue weighted by Crippen LogP contribution is 1.82. The molecule has 0 saturated heterocycles. The zero-order valence-corrected chi connectivity index (χ0v) is 3.60. The lowest BCUT2D eigenvalue weighted by molar-refractivity contribution is -0.123. The molecule has 0 fully saturated rings. The number of alkyl halides is 1. The molecule has 3 nitrogen and oxygen atoms in total. The molecule has 4 heteroatoms. The molecule has 0 aliphatic heterocycles. The van der Waals surface area contributed by atoms with Crippen molar-refractivity contribution in [2.75, 3.05) is 6.61 Å². The summed E-state index contributed by atoms with van der Waals surface area (Å²) in [5, 5.41) is 7.83. The Morgan fingerprint density at radius 2 is 2.43 bits per heavy atom. The Bertz CT molecular complexity index is 75.3. The van der Waals surface area contributed by atoms with Crippen molar-refractivity contribution < 1.29 is 14.3 Å². The molecule has 0 aromatic rings. The van der Waals surface area contributed by atoms with Gasteiger partial charge in [0, 0.05) is 0 Å². The monoisotopic (exact) mass is 107 g/mol. The number of primary amides is 1. The zero-order chi connectivity index (χ0) is 5.86. The second-order valence-electron chi connectivity index (χ2n) is 1.05. The highest BCUT2D eigenvalue weighted by molar-refractivity contribution is 5.78. The number of nitrogens with two attached hydrogens (primary N) is 1. The third-order valence-corrected chi connectivity index (χ3v) is 0.469. The van der Waals surface area contributed by atoms with Gasteiger partial charge in [-0.25, -0.2) is 4.39 Å². The number of hydrogen-bond donors (Lipinski definition) is 2. The van der Waals surface area contributed by atoms with Gasteiger partial charge in [-0.3, -0.25) is 4.79 Å². The highest BCUT2D eigenvalue weighted by Gasteiger charge is 2.09. The van der Waals surface area contributed by atoms with E-state index in [1.807, 2.05) is 0 Å². The third-order valence-electron chi connectivity index (χ3n) is 0.469. The van der Waals surface area contributed by atoms with Gasteiger partial charge in [-0.1, -0.05) is 0 Å². The van der Waals surface area contributed by atoms with Crippen LogP contribution in [0.2, 0.25) is 0 Å². The van der Waals surface area contributed by atoms with Crippen molar-refractivity contribution in [1.29, 1.82) is 0 Å². The molecule has 0 saturated carbocycles. The quantitative estimate of drug-likeness (QED) is 0.465. The lowest BCUT2D eigenvalue weighted by Gasteiger charge is -1.93. The number of amides is 1. The van der Waals surface area contributed by atoms with Crippen LogP contribution in [0, 0.1) is 0 Å². The summed E-state index contributed by atoms with van der Waals surface area (Å²) >= 11 is 0. The lowest BCUT2D eigenvalue weighted by Crippen LogP contribution is -2.27. The molecule has 42 valence electrons. The van der Waals surface area contributed by atoms with Crippen molar-refractivity contribution in [2.45, 2.75) is 6.17 Å². The number of hydrogen-bond acceptors (Lipinski definition) is 2. The minimum absolute atomic E-state index is 0.824. The van der Waals surface area contributed by atoms with Gasteiger partial charge in [-0.15, -0.1) is 0 Å². The van der Waals surface area contributed by atoms with E-state index < -0.39 is 18.7 Å². The van der Waals surface area contributed by atoms with Crippen molar-refractivity contribution in [3.05, 3.63) is 0 Å². The predicted octanol–water partition coefficient (Wildman–Crippen LogP) is -1.20. The predicted molar refractivity (Wildman–Crippen MR) is 21.2 cm³/mol. The van der Waals surface area contributed by atoms with Crippen molar-refractivity contribution >= 4 is 5.91 Å². The molecule has 0 spiro atoms. The topological polar surface area (TPSA) is 63.3 Å². The van der Waals surface area contributed by atoms with Crippen LogP contribution in [0.4, 0.5) is 4.39 Å². The second-order valence-corrected chi connectivity index (χ2v) is 1.05. The molecule has 1 atom stereocenters. The first-order valence-electron chi connectivity index (χ1n) is 1.72. The Hall–Kier alpha value is -0.640. The number of halogens is 1. The van der Waals surface area contributed by atoms with Gasteiger partial charge in [0.1, 0.15) is 0 Å². The third kappa shape index (κ3) is 2.11. The van der Waals surface area contributed by atoms with E-state index in [4.69, 9.17) is 5.11 Å². The van der Waals surface area contributed by atoms with Gasteiger partial charge in [0.2, 0.25) is 6.17 Å². The van der Waals surface area contributed by atoms with Gasteiger partial charge < -0.3 is 10.8 Å². The van der Waals surface area contributed by atoms with E-state index in [2.05, 4.69) is 5.73 Å². The van der Waals surface area contributed by atoms with Crippen LogP contribution < -0.4 is 5.73 Å². The van der Waals surface area contributed by atoms with Crippen LogP contribution in [0.25, 0.3) is 0 Å². The van der Waals surface area contributed by atoms with Crippen molar-refractivity contribution in [2.24, 2.45) is 5.73 Å². The standard InChI is InChI=1S/C3H6FNO2/c4-2(1-6)3(5)7/h2,6H,1H2,(H2,5,7). The van der Waals surface area contributed by atoms with E-state index in [1.165, 1.54) is 0 Å². The van der Waals surface area contributed by atoms with Gasteiger partial charge in [0.15, 0.2) is 0 Å². The van der Waals surface area contributed by atoms with Crippen LogP contribution in [0.1, 0.15) is 0 Å². The normalized spacial score (nSPS) is 13.4. The van der Waals surface area contributed by atoms with Crippen LogP contribution in [0.5, 0.6) is 0 Å². The molecule has 0 heterocycles. The fraction of sp³-hybridized carbons (Fsp3) is 0.667.